The third-order valence-corrected chi connectivity index (χ3v) is 6.63. The number of carbonyl (C=O) groups is 5. The molecule has 206 valence electrons. The van der Waals surface area contributed by atoms with Gasteiger partial charge in [0.25, 0.3) is 0 Å². The van der Waals surface area contributed by atoms with E-state index >= 15 is 0 Å². The molecule has 5 unspecified atom stereocenters. The first-order valence-electron chi connectivity index (χ1n) is 12.4. The Hall–Kier alpha value is -3.97. The summed E-state index contributed by atoms with van der Waals surface area (Å²) in [7, 11) is 0. The van der Waals surface area contributed by atoms with Crippen molar-refractivity contribution in [3.63, 3.8) is 0 Å². The summed E-state index contributed by atoms with van der Waals surface area (Å²) in [6.45, 7) is 1.47. The number of nitrogens with zero attached hydrogens (tertiary/aromatic N) is 1. The van der Waals surface area contributed by atoms with Gasteiger partial charge in [-0.3, -0.25) is 19.2 Å². The number of carbonyl (C=O) groups excluding carboxylic acids is 4. The molecule has 1 fully saturated rings. The monoisotopic (exact) mass is 530 g/mol. The lowest BCUT2D eigenvalue weighted by atomic mass is 10.0. The first-order chi connectivity index (χ1) is 18.0. The van der Waals surface area contributed by atoms with Gasteiger partial charge in [0.1, 0.15) is 18.1 Å². The number of aromatic nitrogens is 1. The molecule has 38 heavy (non-hydrogen) atoms. The van der Waals surface area contributed by atoms with Gasteiger partial charge in [-0.2, -0.15) is 0 Å². The second-order valence-corrected chi connectivity index (χ2v) is 9.49. The first-order valence-corrected chi connectivity index (χ1v) is 12.4. The quantitative estimate of drug-likeness (QED) is 0.175. The van der Waals surface area contributed by atoms with Crippen LogP contribution in [0, 0.1) is 0 Å². The van der Waals surface area contributed by atoms with E-state index < -0.39 is 59.9 Å². The molecule has 0 saturated carbocycles. The molecule has 5 atom stereocenters. The van der Waals surface area contributed by atoms with E-state index in [2.05, 4.69) is 15.6 Å². The van der Waals surface area contributed by atoms with Gasteiger partial charge in [-0.25, -0.2) is 4.79 Å². The zero-order chi connectivity index (χ0) is 28.0. The van der Waals surface area contributed by atoms with Gasteiger partial charge < -0.3 is 42.2 Å². The minimum absolute atomic E-state index is 0.162. The van der Waals surface area contributed by atoms with Crippen molar-refractivity contribution in [2.75, 3.05) is 6.54 Å². The summed E-state index contributed by atoms with van der Waals surface area (Å²) in [6.07, 6.45) is 0.860. The predicted molar refractivity (Wildman–Crippen MR) is 136 cm³/mol. The van der Waals surface area contributed by atoms with E-state index in [1.165, 1.54) is 6.92 Å². The normalized spacial score (nSPS) is 18.4. The topological polar surface area (TPSA) is 221 Å². The molecule has 3 rings (SSSR count). The highest BCUT2D eigenvalue weighted by Crippen LogP contribution is 2.20. The number of nitrogens with two attached hydrogens (primary N) is 2. The minimum atomic E-state index is -1.46. The van der Waals surface area contributed by atoms with Crippen molar-refractivity contribution in [1.82, 2.24) is 20.5 Å². The maximum atomic E-state index is 13.1. The largest absolute Gasteiger partial charge is 0.480 e. The molecule has 1 aromatic heterocycles. The predicted octanol–water partition coefficient (Wildman–Crippen LogP) is -1.27. The molecular formula is C25H34N6O7. The molecule has 2 heterocycles. The summed E-state index contributed by atoms with van der Waals surface area (Å²) in [5.41, 5.74) is 13.0. The number of H-pyrrole nitrogens is 1. The van der Waals surface area contributed by atoms with Crippen LogP contribution in [0.5, 0.6) is 0 Å². The second-order valence-electron chi connectivity index (χ2n) is 9.49. The van der Waals surface area contributed by atoms with Crippen molar-refractivity contribution in [2.24, 2.45) is 11.5 Å². The van der Waals surface area contributed by atoms with Crippen molar-refractivity contribution in [2.45, 2.75) is 69.3 Å². The van der Waals surface area contributed by atoms with Crippen molar-refractivity contribution in [3.05, 3.63) is 36.0 Å². The van der Waals surface area contributed by atoms with Crippen molar-refractivity contribution >= 4 is 40.5 Å². The summed E-state index contributed by atoms with van der Waals surface area (Å²) in [6, 6.07) is 2.65. The SMILES string of the molecule is CC(O)C(NC(=O)C(N)Cc1c[nH]c2ccccc12)C(=O)NC(CCC(N)=O)C(=O)N1CCCC1C(=O)O. The van der Waals surface area contributed by atoms with Gasteiger partial charge in [-0.1, -0.05) is 18.2 Å². The second kappa shape index (κ2) is 12.5. The third kappa shape index (κ3) is 6.86. The number of likely N-dealkylation sites (tertiary alicyclic amines) is 1. The van der Waals surface area contributed by atoms with Crippen LogP contribution in [0.4, 0.5) is 0 Å². The molecule has 2 aromatic rings. The Kier molecular flexibility index (Phi) is 9.42. The van der Waals surface area contributed by atoms with Crippen LogP contribution in [0.15, 0.2) is 30.5 Å². The Balaban J connectivity index is 1.70. The lowest BCUT2D eigenvalue weighted by molar-refractivity contribution is -0.149. The molecule has 0 radical (unpaired) electrons. The zero-order valence-electron chi connectivity index (χ0n) is 21.1. The van der Waals surface area contributed by atoms with Gasteiger partial charge in [0, 0.05) is 30.1 Å². The van der Waals surface area contributed by atoms with E-state index in [1.807, 2.05) is 24.3 Å². The van der Waals surface area contributed by atoms with Crippen LogP contribution in [0.25, 0.3) is 10.9 Å². The highest BCUT2D eigenvalue weighted by molar-refractivity contribution is 5.95. The van der Waals surface area contributed by atoms with Crippen molar-refractivity contribution in [1.29, 1.82) is 0 Å². The molecule has 1 aliphatic rings. The number of benzene rings is 1. The van der Waals surface area contributed by atoms with E-state index in [1.54, 1.807) is 6.20 Å². The number of hydrogen-bond acceptors (Lipinski definition) is 7. The number of amides is 4. The number of aliphatic hydroxyl groups is 1. The first kappa shape index (κ1) is 28.6. The van der Waals surface area contributed by atoms with Crippen LogP contribution in [-0.2, 0) is 30.4 Å². The van der Waals surface area contributed by atoms with Crippen LogP contribution < -0.4 is 22.1 Å². The number of carboxylic acids is 1. The van der Waals surface area contributed by atoms with E-state index in [9.17, 15) is 34.2 Å². The van der Waals surface area contributed by atoms with E-state index in [0.717, 1.165) is 21.4 Å². The highest BCUT2D eigenvalue weighted by Gasteiger charge is 2.39. The van der Waals surface area contributed by atoms with Crippen LogP contribution in [0.2, 0.25) is 0 Å². The van der Waals surface area contributed by atoms with E-state index in [4.69, 9.17) is 11.5 Å². The fourth-order valence-electron chi connectivity index (χ4n) is 4.59. The Morgan fingerprint density at radius 2 is 1.87 bits per heavy atom. The molecule has 9 N–H and O–H groups in total. The highest BCUT2D eigenvalue weighted by atomic mass is 16.4. The average molecular weight is 531 g/mol. The molecular weight excluding hydrogens is 496 g/mol. The summed E-state index contributed by atoms with van der Waals surface area (Å²) in [5.74, 6) is -4.15. The van der Waals surface area contributed by atoms with Crippen LogP contribution >= 0.6 is 0 Å². The lowest BCUT2D eigenvalue weighted by Gasteiger charge is -2.29. The van der Waals surface area contributed by atoms with Crippen molar-refractivity contribution in [3.8, 4) is 0 Å². The Morgan fingerprint density at radius 1 is 1.16 bits per heavy atom. The molecule has 0 aliphatic carbocycles. The maximum absolute atomic E-state index is 13.1. The molecule has 4 amide bonds. The number of aliphatic carboxylic acids is 1. The Labute approximate surface area is 218 Å². The Morgan fingerprint density at radius 3 is 2.53 bits per heavy atom. The van der Waals surface area contributed by atoms with E-state index in [0.29, 0.717) is 6.42 Å². The number of nitrogens with one attached hydrogen (secondary N) is 3. The number of rotatable bonds is 12. The molecule has 1 saturated heterocycles. The van der Waals surface area contributed by atoms with Crippen molar-refractivity contribution < 1.29 is 34.2 Å². The number of para-hydroxylation sites is 1. The van der Waals surface area contributed by atoms with Crippen LogP contribution in [0.3, 0.4) is 0 Å². The maximum Gasteiger partial charge on any atom is 0.326 e. The number of aromatic amines is 1. The summed E-state index contributed by atoms with van der Waals surface area (Å²) in [4.78, 5) is 66.2. The van der Waals surface area contributed by atoms with Gasteiger partial charge >= 0.3 is 5.97 Å². The van der Waals surface area contributed by atoms with Crippen LogP contribution in [0.1, 0.15) is 38.2 Å². The summed E-state index contributed by atoms with van der Waals surface area (Å²) < 4.78 is 0. The number of primary amides is 1. The molecule has 13 nitrogen and oxygen atoms in total. The average Bonchev–Trinajstić information content (AvgIpc) is 3.52. The fraction of sp³-hybridized carbons (Fsp3) is 0.480. The molecule has 13 heteroatoms. The molecule has 0 spiro atoms. The standard InChI is InChI=1S/C25H34N6O7/c1-13(32)21(30-22(34)16(26)11-14-12-28-17-6-3-2-5-15(14)17)23(35)29-18(8-9-20(27)33)24(36)31-10-4-7-19(31)25(37)38/h2-3,5-6,12-13,16,18-19,21,28,32H,4,7-11,26H2,1H3,(H2,27,33)(H,29,35)(H,30,34)(H,37,38). The molecule has 1 aromatic carbocycles. The molecule has 1 aliphatic heterocycles. The Bertz CT molecular complexity index is 1200. The fourth-order valence-corrected chi connectivity index (χ4v) is 4.59. The number of aliphatic hydroxyl groups excluding tert-OH is 1. The van der Waals surface area contributed by atoms with Gasteiger partial charge in [-0.15, -0.1) is 0 Å². The van der Waals surface area contributed by atoms with E-state index in [-0.39, 0.29) is 32.2 Å². The lowest BCUT2D eigenvalue weighted by Crippen LogP contribution is -2.60. The number of hydrogen-bond donors (Lipinski definition) is 7. The van der Waals surface area contributed by atoms with Gasteiger partial charge in [0.2, 0.25) is 23.6 Å². The van der Waals surface area contributed by atoms with Gasteiger partial charge in [-0.05, 0) is 44.2 Å². The van der Waals surface area contributed by atoms with Gasteiger partial charge in [0.15, 0.2) is 0 Å². The van der Waals surface area contributed by atoms with Gasteiger partial charge in [0.05, 0.1) is 12.1 Å². The molecule has 0 bridgehead atoms. The third-order valence-electron chi connectivity index (χ3n) is 6.63. The van der Waals surface area contributed by atoms with Crippen LogP contribution in [-0.4, -0.2) is 86.5 Å². The number of carboxylic acid groups (broad SMARTS) is 1. The summed E-state index contributed by atoms with van der Waals surface area (Å²) >= 11 is 0. The smallest absolute Gasteiger partial charge is 0.326 e. The number of fused-ring (bicyclic) bond motifs is 1. The zero-order valence-corrected chi connectivity index (χ0v) is 21.1. The minimum Gasteiger partial charge on any atom is -0.480 e. The summed E-state index contributed by atoms with van der Waals surface area (Å²) in [5, 5.41) is 25.5.